The van der Waals surface area contributed by atoms with Crippen molar-refractivity contribution in [3.63, 3.8) is 0 Å². The van der Waals surface area contributed by atoms with Gasteiger partial charge >= 0.3 is 0 Å². The summed E-state index contributed by atoms with van der Waals surface area (Å²) in [5.41, 5.74) is 9.97. The average molecular weight is 285 g/mol. The van der Waals surface area contributed by atoms with Gasteiger partial charge in [-0.05, 0) is 47.7 Å². The summed E-state index contributed by atoms with van der Waals surface area (Å²) >= 11 is 0. The monoisotopic (exact) mass is 285 g/mol. The molecule has 0 unspecified atom stereocenters. The number of aryl methyl sites for hydroxylation is 1. The molecule has 0 amide bonds. The van der Waals surface area contributed by atoms with Gasteiger partial charge in [0, 0.05) is 11.8 Å². The Hall–Kier alpha value is -2.16. The molecule has 2 N–H and O–H groups in total. The van der Waals surface area contributed by atoms with Crippen molar-refractivity contribution in [2.45, 2.75) is 33.3 Å². The van der Waals surface area contributed by atoms with Crippen molar-refractivity contribution in [1.82, 2.24) is 0 Å². The Labute approximate surface area is 126 Å². The molecule has 2 aromatic rings. The van der Waals surface area contributed by atoms with Crippen LogP contribution in [0, 0.1) is 6.92 Å². The minimum absolute atomic E-state index is 0.427. The molecule has 0 heterocycles. The van der Waals surface area contributed by atoms with Crippen LogP contribution < -0.4 is 15.2 Å². The smallest absolute Gasteiger partial charge is 0.123 e. The van der Waals surface area contributed by atoms with E-state index >= 15 is 0 Å². The molecule has 0 aliphatic rings. The summed E-state index contributed by atoms with van der Waals surface area (Å²) in [5.74, 6) is 2.12. The van der Waals surface area contributed by atoms with Crippen molar-refractivity contribution in [2.24, 2.45) is 0 Å². The van der Waals surface area contributed by atoms with E-state index in [4.69, 9.17) is 15.2 Å². The van der Waals surface area contributed by atoms with E-state index in [9.17, 15) is 0 Å². The second kappa shape index (κ2) is 6.53. The molecule has 0 aromatic heterocycles. The number of nitrogen functional groups attached to an aromatic ring is 1. The Bertz CT molecular complexity index is 621. The van der Waals surface area contributed by atoms with Crippen LogP contribution in [0.5, 0.6) is 11.5 Å². The molecule has 21 heavy (non-hydrogen) atoms. The number of hydrogen-bond acceptors (Lipinski definition) is 3. The quantitative estimate of drug-likeness (QED) is 0.833. The van der Waals surface area contributed by atoms with E-state index in [1.54, 1.807) is 13.2 Å². The lowest BCUT2D eigenvalue weighted by molar-refractivity contribution is 0.300. The van der Waals surface area contributed by atoms with E-state index in [2.05, 4.69) is 39.0 Å². The zero-order chi connectivity index (χ0) is 15.4. The molecule has 0 aliphatic carbocycles. The predicted octanol–water partition coefficient (Wildman–Crippen LogP) is 4.29. The third kappa shape index (κ3) is 3.91. The Morgan fingerprint density at radius 1 is 1.10 bits per heavy atom. The standard InChI is InChI=1S/C18H23NO2/c1-12(2)17-6-5-13(3)7-18(17)21-11-14-8-15(19)10-16(9-14)20-4/h5-10,12H,11,19H2,1-4H3. The maximum atomic E-state index is 6.01. The van der Waals surface area contributed by atoms with E-state index in [1.807, 2.05) is 12.1 Å². The Morgan fingerprint density at radius 2 is 1.86 bits per heavy atom. The van der Waals surface area contributed by atoms with Crippen LogP contribution in [-0.4, -0.2) is 7.11 Å². The van der Waals surface area contributed by atoms with Gasteiger partial charge in [0.1, 0.15) is 18.1 Å². The molecule has 3 heteroatoms. The molecular weight excluding hydrogens is 262 g/mol. The summed E-state index contributed by atoms with van der Waals surface area (Å²) in [5, 5.41) is 0. The first-order chi connectivity index (χ1) is 9.99. The Kier molecular flexibility index (Phi) is 4.73. The van der Waals surface area contributed by atoms with Gasteiger partial charge in [-0.1, -0.05) is 26.0 Å². The number of anilines is 1. The van der Waals surface area contributed by atoms with Gasteiger partial charge in [0.25, 0.3) is 0 Å². The zero-order valence-electron chi connectivity index (χ0n) is 13.1. The Morgan fingerprint density at radius 3 is 2.52 bits per heavy atom. The molecular formula is C18H23NO2. The normalized spacial score (nSPS) is 10.7. The van der Waals surface area contributed by atoms with Gasteiger partial charge in [-0.2, -0.15) is 0 Å². The molecule has 0 saturated carbocycles. The lowest BCUT2D eigenvalue weighted by Crippen LogP contribution is -2.01. The second-order valence-electron chi connectivity index (χ2n) is 5.60. The van der Waals surface area contributed by atoms with Crippen molar-refractivity contribution in [3.05, 3.63) is 53.1 Å². The van der Waals surface area contributed by atoms with Crippen LogP contribution >= 0.6 is 0 Å². The molecule has 0 aliphatic heterocycles. The predicted molar refractivity (Wildman–Crippen MR) is 87.0 cm³/mol. The van der Waals surface area contributed by atoms with Crippen LogP contribution in [-0.2, 0) is 6.61 Å². The minimum atomic E-state index is 0.427. The van der Waals surface area contributed by atoms with Crippen molar-refractivity contribution in [2.75, 3.05) is 12.8 Å². The summed E-state index contributed by atoms with van der Waals surface area (Å²) in [6, 6.07) is 12.0. The van der Waals surface area contributed by atoms with Crippen molar-refractivity contribution in [1.29, 1.82) is 0 Å². The summed E-state index contributed by atoms with van der Waals surface area (Å²) in [6.07, 6.45) is 0. The van der Waals surface area contributed by atoms with Crippen LogP contribution in [0.1, 0.15) is 36.5 Å². The van der Waals surface area contributed by atoms with Gasteiger partial charge in [-0.15, -0.1) is 0 Å². The first kappa shape index (κ1) is 15.2. The largest absolute Gasteiger partial charge is 0.497 e. The van der Waals surface area contributed by atoms with E-state index in [0.717, 1.165) is 17.1 Å². The van der Waals surface area contributed by atoms with Crippen molar-refractivity contribution in [3.8, 4) is 11.5 Å². The second-order valence-corrected chi connectivity index (χ2v) is 5.60. The molecule has 0 spiro atoms. The molecule has 0 saturated heterocycles. The highest BCUT2D eigenvalue weighted by Crippen LogP contribution is 2.28. The highest BCUT2D eigenvalue weighted by Gasteiger charge is 2.09. The van der Waals surface area contributed by atoms with Gasteiger partial charge in [-0.25, -0.2) is 0 Å². The van der Waals surface area contributed by atoms with Gasteiger partial charge in [0.2, 0.25) is 0 Å². The number of hydrogen-bond donors (Lipinski definition) is 1. The summed E-state index contributed by atoms with van der Waals surface area (Å²) in [7, 11) is 1.64. The molecule has 0 bridgehead atoms. The zero-order valence-corrected chi connectivity index (χ0v) is 13.1. The molecule has 0 radical (unpaired) electrons. The van der Waals surface area contributed by atoms with Crippen LogP contribution in [0.4, 0.5) is 5.69 Å². The van der Waals surface area contributed by atoms with Gasteiger partial charge < -0.3 is 15.2 Å². The van der Waals surface area contributed by atoms with Crippen molar-refractivity contribution >= 4 is 5.69 Å². The highest BCUT2D eigenvalue weighted by molar-refractivity contribution is 5.47. The summed E-state index contributed by atoms with van der Waals surface area (Å²) in [4.78, 5) is 0. The summed E-state index contributed by atoms with van der Waals surface area (Å²) < 4.78 is 11.2. The molecule has 0 fully saturated rings. The maximum absolute atomic E-state index is 6.01. The summed E-state index contributed by atoms with van der Waals surface area (Å²) in [6.45, 7) is 6.88. The van der Waals surface area contributed by atoms with Crippen LogP contribution in [0.25, 0.3) is 0 Å². The number of rotatable bonds is 5. The maximum Gasteiger partial charge on any atom is 0.123 e. The molecule has 2 rings (SSSR count). The fraction of sp³-hybridized carbons (Fsp3) is 0.333. The molecule has 112 valence electrons. The number of benzene rings is 2. The van der Waals surface area contributed by atoms with E-state index in [1.165, 1.54) is 11.1 Å². The lowest BCUT2D eigenvalue weighted by atomic mass is 10.0. The Balaban J connectivity index is 2.20. The van der Waals surface area contributed by atoms with Crippen LogP contribution in [0.15, 0.2) is 36.4 Å². The third-order valence-electron chi connectivity index (χ3n) is 3.41. The van der Waals surface area contributed by atoms with Crippen LogP contribution in [0.3, 0.4) is 0 Å². The fourth-order valence-electron chi connectivity index (χ4n) is 2.29. The molecule has 2 aromatic carbocycles. The number of ether oxygens (including phenoxy) is 2. The minimum Gasteiger partial charge on any atom is -0.497 e. The third-order valence-corrected chi connectivity index (χ3v) is 3.41. The first-order valence-corrected chi connectivity index (χ1v) is 7.16. The van der Waals surface area contributed by atoms with Gasteiger partial charge in [-0.3, -0.25) is 0 Å². The first-order valence-electron chi connectivity index (χ1n) is 7.16. The topological polar surface area (TPSA) is 44.5 Å². The SMILES string of the molecule is COc1cc(N)cc(COc2cc(C)ccc2C(C)C)c1. The lowest BCUT2D eigenvalue weighted by Gasteiger charge is -2.15. The molecule has 0 atom stereocenters. The van der Waals surface area contributed by atoms with Gasteiger partial charge in [0.15, 0.2) is 0 Å². The van der Waals surface area contributed by atoms with E-state index < -0.39 is 0 Å². The van der Waals surface area contributed by atoms with E-state index in [0.29, 0.717) is 18.2 Å². The fourth-order valence-corrected chi connectivity index (χ4v) is 2.29. The highest BCUT2D eigenvalue weighted by atomic mass is 16.5. The van der Waals surface area contributed by atoms with E-state index in [-0.39, 0.29) is 0 Å². The average Bonchev–Trinajstić information content (AvgIpc) is 2.44. The van der Waals surface area contributed by atoms with Crippen LogP contribution in [0.2, 0.25) is 0 Å². The van der Waals surface area contributed by atoms with Gasteiger partial charge in [0.05, 0.1) is 7.11 Å². The number of nitrogens with two attached hydrogens (primary N) is 1. The number of methoxy groups -OCH3 is 1. The van der Waals surface area contributed by atoms with Crippen molar-refractivity contribution < 1.29 is 9.47 Å². The molecule has 3 nitrogen and oxygen atoms in total.